The average Bonchev–Trinajstić information content (AvgIpc) is 2.80. The van der Waals surface area contributed by atoms with Crippen LogP contribution in [0.3, 0.4) is 0 Å². The molecule has 3 nitrogen and oxygen atoms in total. The number of nitrogens with zero attached hydrogens (tertiary/aromatic N) is 2. The van der Waals surface area contributed by atoms with Crippen molar-refractivity contribution >= 4 is 22.1 Å². The summed E-state index contributed by atoms with van der Waals surface area (Å²) in [5.41, 5.74) is 12.0. The number of anilines is 1. The first-order valence-electron chi connectivity index (χ1n) is 6.30. The van der Waals surface area contributed by atoms with Crippen molar-refractivity contribution in [2.24, 2.45) is 0 Å². The molecule has 2 aromatic heterocycles. The minimum Gasteiger partial charge on any atom is -0.383 e. The molecule has 3 aromatic rings. The summed E-state index contributed by atoms with van der Waals surface area (Å²) in [6.45, 7) is 8.35. The summed E-state index contributed by atoms with van der Waals surface area (Å²) in [7, 11) is 0. The van der Waals surface area contributed by atoms with Gasteiger partial charge in [-0.25, -0.2) is 4.98 Å². The predicted octanol–water partition coefficient (Wildman–Crippen LogP) is 3.88. The van der Waals surface area contributed by atoms with Crippen molar-refractivity contribution in [1.29, 1.82) is 0 Å². The van der Waals surface area contributed by atoms with Crippen LogP contribution in [0.1, 0.15) is 21.7 Å². The molecule has 0 saturated heterocycles. The molecule has 0 fully saturated rings. The third-order valence-electron chi connectivity index (χ3n) is 3.65. The van der Waals surface area contributed by atoms with Crippen LogP contribution in [0.2, 0.25) is 0 Å². The molecule has 0 unspecified atom stereocenters. The highest BCUT2D eigenvalue weighted by Crippen LogP contribution is 2.34. The molecule has 2 N–H and O–H groups in total. The van der Waals surface area contributed by atoms with Gasteiger partial charge in [-0.05, 0) is 44.9 Å². The van der Waals surface area contributed by atoms with E-state index in [0.29, 0.717) is 0 Å². The Morgan fingerprint density at radius 2 is 1.84 bits per heavy atom. The summed E-state index contributed by atoms with van der Waals surface area (Å²) < 4.78 is 2.07. The van der Waals surface area contributed by atoms with E-state index in [1.807, 2.05) is 6.92 Å². The monoisotopic (exact) mass is 271 g/mol. The maximum Gasteiger partial charge on any atom is 0.196 e. The van der Waals surface area contributed by atoms with Gasteiger partial charge < -0.3 is 5.73 Å². The number of hydrogen-bond donors (Lipinski definition) is 1. The fraction of sp³-hybridized carbons (Fsp3) is 0.267. The number of aromatic nitrogens is 2. The Kier molecular flexibility index (Phi) is 2.64. The molecular weight excluding hydrogens is 254 g/mol. The molecule has 0 saturated carbocycles. The zero-order valence-electron chi connectivity index (χ0n) is 11.6. The van der Waals surface area contributed by atoms with Crippen LogP contribution < -0.4 is 5.73 Å². The molecule has 3 rings (SSSR count). The van der Waals surface area contributed by atoms with Crippen molar-refractivity contribution in [3.63, 3.8) is 0 Å². The quantitative estimate of drug-likeness (QED) is 0.730. The number of nitrogens with two attached hydrogens (primary N) is 1. The van der Waals surface area contributed by atoms with Gasteiger partial charge in [-0.1, -0.05) is 12.1 Å². The number of aryl methyl sites for hydroxylation is 4. The highest BCUT2D eigenvalue weighted by Gasteiger charge is 2.16. The second-order valence-corrected chi connectivity index (χ2v) is 6.19. The van der Waals surface area contributed by atoms with Gasteiger partial charge in [0.2, 0.25) is 0 Å². The Labute approximate surface area is 116 Å². The van der Waals surface area contributed by atoms with E-state index in [2.05, 4.69) is 48.4 Å². The normalized spacial score (nSPS) is 11.4. The van der Waals surface area contributed by atoms with Crippen LogP contribution >= 0.6 is 11.3 Å². The Morgan fingerprint density at radius 3 is 2.53 bits per heavy atom. The van der Waals surface area contributed by atoms with Gasteiger partial charge in [-0.3, -0.25) is 4.40 Å². The Bertz CT molecular complexity index is 780. The van der Waals surface area contributed by atoms with E-state index in [0.717, 1.165) is 16.5 Å². The molecule has 4 heteroatoms. The molecule has 0 spiro atoms. The van der Waals surface area contributed by atoms with Crippen molar-refractivity contribution in [3.8, 4) is 11.3 Å². The van der Waals surface area contributed by atoms with Gasteiger partial charge in [-0.15, -0.1) is 11.3 Å². The van der Waals surface area contributed by atoms with Crippen LogP contribution in [0.4, 0.5) is 5.82 Å². The average molecular weight is 271 g/mol. The third-order valence-corrected chi connectivity index (χ3v) is 4.60. The SMILES string of the molecule is Cc1ccc(-c2c(C)sc3nc(C)c(N)n23)cc1C. The summed E-state index contributed by atoms with van der Waals surface area (Å²) in [4.78, 5) is 6.74. The van der Waals surface area contributed by atoms with Gasteiger partial charge in [0.25, 0.3) is 0 Å². The molecule has 0 amide bonds. The summed E-state index contributed by atoms with van der Waals surface area (Å²) in [6, 6.07) is 6.54. The fourth-order valence-corrected chi connectivity index (χ4v) is 3.41. The minimum atomic E-state index is 0.743. The lowest BCUT2D eigenvalue weighted by Gasteiger charge is -2.07. The molecule has 0 aliphatic carbocycles. The lowest BCUT2D eigenvalue weighted by atomic mass is 10.0. The van der Waals surface area contributed by atoms with Gasteiger partial charge in [0.15, 0.2) is 4.96 Å². The fourth-order valence-electron chi connectivity index (χ4n) is 2.36. The second kappa shape index (κ2) is 4.10. The van der Waals surface area contributed by atoms with Gasteiger partial charge in [-0.2, -0.15) is 0 Å². The molecule has 98 valence electrons. The van der Waals surface area contributed by atoms with E-state index in [1.54, 1.807) is 11.3 Å². The lowest BCUT2D eigenvalue weighted by Crippen LogP contribution is -1.96. The van der Waals surface area contributed by atoms with Crippen LogP contribution in [0.15, 0.2) is 18.2 Å². The summed E-state index contributed by atoms with van der Waals surface area (Å²) in [5, 5.41) is 0. The van der Waals surface area contributed by atoms with E-state index >= 15 is 0 Å². The number of rotatable bonds is 1. The smallest absolute Gasteiger partial charge is 0.196 e. The van der Waals surface area contributed by atoms with Crippen LogP contribution in [-0.4, -0.2) is 9.38 Å². The Hall–Kier alpha value is -1.81. The molecular formula is C15H17N3S. The van der Waals surface area contributed by atoms with Crippen LogP contribution in [0, 0.1) is 27.7 Å². The number of thiazole rings is 1. The van der Waals surface area contributed by atoms with Gasteiger partial charge >= 0.3 is 0 Å². The van der Waals surface area contributed by atoms with Crippen LogP contribution in [0.25, 0.3) is 16.2 Å². The van der Waals surface area contributed by atoms with E-state index in [9.17, 15) is 0 Å². The Balaban J connectivity index is 2.34. The number of fused-ring (bicyclic) bond motifs is 1. The first-order valence-corrected chi connectivity index (χ1v) is 7.12. The van der Waals surface area contributed by atoms with E-state index < -0.39 is 0 Å². The molecule has 0 aliphatic rings. The van der Waals surface area contributed by atoms with Crippen molar-refractivity contribution in [1.82, 2.24) is 9.38 Å². The maximum atomic E-state index is 6.16. The standard InChI is InChI=1S/C15H17N3S/c1-8-5-6-12(7-9(8)2)13-11(4)19-15-17-10(3)14(16)18(13)15/h5-7H,16H2,1-4H3. The first kappa shape index (κ1) is 12.2. The number of nitrogen functional groups attached to an aromatic ring is 1. The third kappa shape index (κ3) is 1.75. The van der Waals surface area contributed by atoms with Gasteiger partial charge in [0.05, 0.1) is 11.4 Å². The van der Waals surface area contributed by atoms with Gasteiger partial charge in [0.1, 0.15) is 5.82 Å². The highest BCUT2D eigenvalue weighted by atomic mass is 32.1. The van der Waals surface area contributed by atoms with E-state index in [4.69, 9.17) is 5.73 Å². The van der Waals surface area contributed by atoms with Crippen molar-refractivity contribution in [3.05, 3.63) is 39.9 Å². The Morgan fingerprint density at radius 1 is 1.11 bits per heavy atom. The maximum absolute atomic E-state index is 6.16. The van der Waals surface area contributed by atoms with Crippen LogP contribution in [0.5, 0.6) is 0 Å². The molecule has 0 atom stereocenters. The zero-order chi connectivity index (χ0) is 13.7. The summed E-state index contributed by atoms with van der Waals surface area (Å²) in [6.07, 6.45) is 0. The molecule has 0 radical (unpaired) electrons. The minimum absolute atomic E-state index is 0.743. The number of imidazole rings is 1. The zero-order valence-corrected chi connectivity index (χ0v) is 12.4. The van der Waals surface area contributed by atoms with Crippen molar-refractivity contribution < 1.29 is 0 Å². The molecule has 0 aliphatic heterocycles. The highest BCUT2D eigenvalue weighted by molar-refractivity contribution is 7.17. The van der Waals surface area contributed by atoms with Crippen LogP contribution in [-0.2, 0) is 0 Å². The summed E-state index contributed by atoms with van der Waals surface area (Å²) in [5.74, 6) is 0.743. The van der Waals surface area contributed by atoms with Gasteiger partial charge in [0, 0.05) is 10.4 Å². The molecule has 2 heterocycles. The largest absolute Gasteiger partial charge is 0.383 e. The second-order valence-electron chi connectivity index (χ2n) is 5.01. The lowest BCUT2D eigenvalue weighted by molar-refractivity contribution is 1.21. The molecule has 1 aromatic carbocycles. The van der Waals surface area contributed by atoms with Crippen molar-refractivity contribution in [2.45, 2.75) is 27.7 Å². The predicted molar refractivity (Wildman–Crippen MR) is 81.9 cm³/mol. The van der Waals surface area contributed by atoms with E-state index in [1.165, 1.54) is 27.3 Å². The summed E-state index contributed by atoms with van der Waals surface area (Å²) >= 11 is 1.69. The topological polar surface area (TPSA) is 43.3 Å². The van der Waals surface area contributed by atoms with Crippen molar-refractivity contribution in [2.75, 3.05) is 5.73 Å². The number of hydrogen-bond acceptors (Lipinski definition) is 3. The number of benzene rings is 1. The first-order chi connectivity index (χ1) is 8.99. The molecule has 0 bridgehead atoms. The molecule has 19 heavy (non-hydrogen) atoms. The van der Waals surface area contributed by atoms with E-state index in [-0.39, 0.29) is 0 Å².